The number of nitrogen functional groups attached to an aromatic ring is 1. The summed E-state index contributed by atoms with van der Waals surface area (Å²) in [6.45, 7) is 2.30. The molecule has 2 heteroatoms. The van der Waals surface area contributed by atoms with Crippen LogP contribution in [0.2, 0.25) is 0 Å². The minimum atomic E-state index is 0.827. The highest BCUT2D eigenvalue weighted by Gasteiger charge is 2.26. The Hall–Kier alpha value is -1.02. The Balaban J connectivity index is 1.82. The van der Waals surface area contributed by atoms with Crippen molar-refractivity contribution >= 4 is 5.69 Å². The van der Waals surface area contributed by atoms with E-state index in [4.69, 9.17) is 5.73 Å². The van der Waals surface area contributed by atoms with Crippen LogP contribution < -0.4 is 5.73 Å². The highest BCUT2D eigenvalue weighted by atomic mass is 15.2. The van der Waals surface area contributed by atoms with Crippen LogP contribution in [0.1, 0.15) is 36.8 Å². The average molecular weight is 216 g/mol. The molecule has 1 heterocycles. The van der Waals surface area contributed by atoms with Gasteiger partial charge in [-0.2, -0.15) is 0 Å². The number of hydrogen-bond donors (Lipinski definition) is 1. The van der Waals surface area contributed by atoms with E-state index in [1.807, 2.05) is 6.07 Å². The number of anilines is 1. The number of hydrogen-bond acceptors (Lipinski definition) is 2. The van der Waals surface area contributed by atoms with Gasteiger partial charge in [-0.3, -0.25) is 4.90 Å². The molecular formula is C14H20N2. The molecule has 0 atom stereocenters. The van der Waals surface area contributed by atoms with Gasteiger partial charge in [0.25, 0.3) is 0 Å². The van der Waals surface area contributed by atoms with Crippen molar-refractivity contribution in [3.05, 3.63) is 29.3 Å². The Morgan fingerprint density at radius 1 is 1.19 bits per heavy atom. The molecule has 1 aromatic carbocycles. The molecule has 0 bridgehead atoms. The molecule has 2 nitrogen and oxygen atoms in total. The fourth-order valence-corrected chi connectivity index (χ4v) is 3.21. The lowest BCUT2D eigenvalue weighted by Gasteiger charge is -2.34. The first-order valence-electron chi connectivity index (χ1n) is 6.45. The van der Waals surface area contributed by atoms with Crippen LogP contribution in [-0.4, -0.2) is 17.5 Å². The molecule has 3 rings (SSSR count). The molecule has 16 heavy (non-hydrogen) atoms. The van der Waals surface area contributed by atoms with E-state index in [1.54, 1.807) is 0 Å². The van der Waals surface area contributed by atoms with Gasteiger partial charge in [0.15, 0.2) is 0 Å². The standard InChI is InChI=1S/C14H20N2/c15-14-7-3-4-11-8-9-16(10-13(11)14)12-5-1-2-6-12/h3-4,7,12H,1-2,5-6,8-10,15H2. The molecule has 1 aliphatic heterocycles. The zero-order valence-corrected chi connectivity index (χ0v) is 9.78. The van der Waals surface area contributed by atoms with Crippen LogP contribution in [0, 0.1) is 0 Å². The first-order chi connectivity index (χ1) is 7.84. The van der Waals surface area contributed by atoms with Gasteiger partial charge in [0.05, 0.1) is 0 Å². The minimum absolute atomic E-state index is 0.827. The maximum absolute atomic E-state index is 6.08. The van der Waals surface area contributed by atoms with Gasteiger partial charge < -0.3 is 5.73 Å². The van der Waals surface area contributed by atoms with Crippen LogP contribution >= 0.6 is 0 Å². The summed E-state index contributed by atoms with van der Waals surface area (Å²) in [6, 6.07) is 7.18. The molecule has 0 radical (unpaired) electrons. The molecular weight excluding hydrogens is 196 g/mol. The van der Waals surface area contributed by atoms with E-state index in [0.29, 0.717) is 0 Å². The summed E-state index contributed by atoms with van der Waals surface area (Å²) in [5.41, 5.74) is 9.92. The van der Waals surface area contributed by atoms with Crippen molar-refractivity contribution in [3.8, 4) is 0 Å². The summed E-state index contributed by atoms with van der Waals surface area (Å²) in [4.78, 5) is 2.64. The zero-order chi connectivity index (χ0) is 11.0. The van der Waals surface area contributed by atoms with Crippen molar-refractivity contribution in [2.24, 2.45) is 0 Å². The Kier molecular flexibility index (Phi) is 2.60. The van der Waals surface area contributed by atoms with Crippen molar-refractivity contribution in [1.29, 1.82) is 0 Å². The average Bonchev–Trinajstić information content (AvgIpc) is 2.83. The maximum atomic E-state index is 6.08. The molecule has 0 amide bonds. The zero-order valence-electron chi connectivity index (χ0n) is 9.78. The van der Waals surface area contributed by atoms with Gasteiger partial charge in [0, 0.05) is 24.8 Å². The number of benzene rings is 1. The molecule has 0 saturated heterocycles. The van der Waals surface area contributed by atoms with E-state index in [0.717, 1.165) is 18.3 Å². The molecule has 86 valence electrons. The van der Waals surface area contributed by atoms with Gasteiger partial charge >= 0.3 is 0 Å². The quantitative estimate of drug-likeness (QED) is 0.731. The second kappa shape index (κ2) is 4.10. The third kappa shape index (κ3) is 1.71. The molecule has 0 spiro atoms. The van der Waals surface area contributed by atoms with E-state index < -0.39 is 0 Å². The summed E-state index contributed by atoms with van der Waals surface area (Å²) in [7, 11) is 0. The van der Waals surface area contributed by atoms with Crippen LogP contribution in [0.25, 0.3) is 0 Å². The maximum Gasteiger partial charge on any atom is 0.0362 e. The van der Waals surface area contributed by atoms with Crippen molar-refractivity contribution in [2.75, 3.05) is 12.3 Å². The molecule has 1 fully saturated rings. The molecule has 0 aromatic heterocycles. The van der Waals surface area contributed by atoms with Crippen LogP contribution in [-0.2, 0) is 13.0 Å². The number of fused-ring (bicyclic) bond motifs is 1. The lowest BCUT2D eigenvalue weighted by molar-refractivity contribution is 0.181. The van der Waals surface area contributed by atoms with Gasteiger partial charge in [0.2, 0.25) is 0 Å². The summed E-state index contributed by atoms with van der Waals surface area (Å²) in [5, 5.41) is 0. The van der Waals surface area contributed by atoms with Gasteiger partial charge in [-0.25, -0.2) is 0 Å². The number of nitrogens with zero attached hydrogens (tertiary/aromatic N) is 1. The Bertz CT molecular complexity index is 380. The summed E-state index contributed by atoms with van der Waals surface area (Å²) >= 11 is 0. The lowest BCUT2D eigenvalue weighted by atomic mass is 9.96. The van der Waals surface area contributed by atoms with Crippen molar-refractivity contribution in [3.63, 3.8) is 0 Å². The molecule has 1 saturated carbocycles. The van der Waals surface area contributed by atoms with Crippen LogP contribution in [0.5, 0.6) is 0 Å². The van der Waals surface area contributed by atoms with Crippen molar-refractivity contribution in [1.82, 2.24) is 4.90 Å². The van der Waals surface area contributed by atoms with Crippen LogP contribution in [0.4, 0.5) is 5.69 Å². The van der Waals surface area contributed by atoms with Gasteiger partial charge in [0.1, 0.15) is 0 Å². The monoisotopic (exact) mass is 216 g/mol. The Morgan fingerprint density at radius 2 is 2.00 bits per heavy atom. The largest absolute Gasteiger partial charge is 0.398 e. The topological polar surface area (TPSA) is 29.3 Å². The van der Waals surface area contributed by atoms with E-state index >= 15 is 0 Å². The first kappa shape index (κ1) is 10.2. The van der Waals surface area contributed by atoms with E-state index in [9.17, 15) is 0 Å². The van der Waals surface area contributed by atoms with Gasteiger partial charge in [-0.05, 0) is 36.5 Å². The molecule has 1 aromatic rings. The normalized spacial score (nSPS) is 22.2. The molecule has 1 aliphatic carbocycles. The van der Waals surface area contributed by atoms with E-state index in [-0.39, 0.29) is 0 Å². The first-order valence-corrected chi connectivity index (χ1v) is 6.45. The fourth-order valence-electron chi connectivity index (χ4n) is 3.21. The van der Waals surface area contributed by atoms with Crippen molar-refractivity contribution < 1.29 is 0 Å². The lowest BCUT2D eigenvalue weighted by Crippen LogP contribution is -2.38. The Labute approximate surface area is 97.4 Å². The summed E-state index contributed by atoms with van der Waals surface area (Å²) < 4.78 is 0. The van der Waals surface area contributed by atoms with E-state index in [2.05, 4.69) is 17.0 Å². The van der Waals surface area contributed by atoms with Gasteiger partial charge in [-0.1, -0.05) is 25.0 Å². The van der Waals surface area contributed by atoms with E-state index in [1.165, 1.54) is 49.8 Å². The van der Waals surface area contributed by atoms with Crippen LogP contribution in [0.3, 0.4) is 0 Å². The minimum Gasteiger partial charge on any atom is -0.398 e. The predicted octanol–water partition coefficient (Wildman–Crippen LogP) is 2.57. The Morgan fingerprint density at radius 3 is 2.81 bits per heavy atom. The van der Waals surface area contributed by atoms with Crippen LogP contribution in [0.15, 0.2) is 18.2 Å². The number of rotatable bonds is 1. The SMILES string of the molecule is Nc1cccc2c1CN(C1CCCC1)CC2. The second-order valence-electron chi connectivity index (χ2n) is 5.14. The second-order valence-corrected chi connectivity index (χ2v) is 5.14. The highest BCUT2D eigenvalue weighted by Crippen LogP contribution is 2.30. The van der Waals surface area contributed by atoms with Gasteiger partial charge in [-0.15, -0.1) is 0 Å². The smallest absolute Gasteiger partial charge is 0.0362 e. The molecule has 2 aliphatic rings. The van der Waals surface area contributed by atoms with Crippen molar-refractivity contribution in [2.45, 2.75) is 44.7 Å². The summed E-state index contributed by atoms with van der Waals surface area (Å²) in [6.07, 6.45) is 6.79. The predicted molar refractivity (Wildman–Crippen MR) is 67.2 cm³/mol. The molecule has 0 unspecified atom stereocenters. The third-order valence-electron chi connectivity index (χ3n) is 4.18. The summed E-state index contributed by atoms with van der Waals surface area (Å²) in [5.74, 6) is 0. The number of nitrogens with two attached hydrogens (primary N) is 1. The third-order valence-corrected chi connectivity index (χ3v) is 4.18. The fraction of sp³-hybridized carbons (Fsp3) is 0.571. The molecule has 2 N–H and O–H groups in total. The highest BCUT2D eigenvalue weighted by molar-refractivity contribution is 5.51.